The third kappa shape index (κ3) is 6.03. The van der Waals surface area contributed by atoms with Crippen LogP contribution < -0.4 is 16.4 Å². The topological polar surface area (TPSA) is 67.1 Å². The first-order chi connectivity index (χ1) is 9.86. The van der Waals surface area contributed by atoms with Crippen LogP contribution in [0.15, 0.2) is 24.3 Å². The first kappa shape index (κ1) is 17.3. The Bertz CT molecular complexity index is 463. The first-order valence-electron chi connectivity index (χ1n) is 6.79. The van der Waals surface area contributed by atoms with Crippen LogP contribution in [-0.4, -0.2) is 19.1 Å². The summed E-state index contributed by atoms with van der Waals surface area (Å²) in [6.45, 7) is 2.97. The molecule has 0 radical (unpaired) electrons. The van der Waals surface area contributed by atoms with Gasteiger partial charge in [0.2, 0.25) is 0 Å². The second-order valence-corrected chi connectivity index (χ2v) is 4.77. The molecule has 0 saturated carbocycles. The van der Waals surface area contributed by atoms with Gasteiger partial charge in [0.25, 0.3) is 0 Å². The molecule has 0 aliphatic rings. The van der Waals surface area contributed by atoms with E-state index in [9.17, 15) is 18.0 Å². The van der Waals surface area contributed by atoms with E-state index < -0.39 is 17.8 Å². The molecule has 1 rings (SSSR count). The molecule has 0 aliphatic heterocycles. The van der Waals surface area contributed by atoms with Crippen molar-refractivity contribution in [2.24, 2.45) is 11.7 Å². The van der Waals surface area contributed by atoms with Gasteiger partial charge >= 0.3 is 12.2 Å². The Labute approximate surface area is 121 Å². The summed E-state index contributed by atoms with van der Waals surface area (Å²) in [6.07, 6.45) is -2.76. The largest absolute Gasteiger partial charge is 0.416 e. The van der Waals surface area contributed by atoms with Crippen molar-refractivity contribution in [3.63, 3.8) is 0 Å². The van der Waals surface area contributed by atoms with Crippen LogP contribution in [-0.2, 0) is 6.18 Å². The third-order valence-corrected chi connectivity index (χ3v) is 3.15. The van der Waals surface area contributed by atoms with E-state index in [2.05, 4.69) is 10.6 Å². The highest BCUT2D eigenvalue weighted by molar-refractivity contribution is 5.89. The van der Waals surface area contributed by atoms with Crippen molar-refractivity contribution in [3.05, 3.63) is 29.8 Å². The average Bonchev–Trinajstić information content (AvgIpc) is 2.42. The van der Waals surface area contributed by atoms with Crippen LogP contribution in [0.25, 0.3) is 0 Å². The van der Waals surface area contributed by atoms with E-state index in [4.69, 9.17) is 5.73 Å². The van der Waals surface area contributed by atoms with Crippen LogP contribution in [0.3, 0.4) is 0 Å². The number of benzene rings is 1. The molecule has 1 atom stereocenters. The lowest BCUT2D eigenvalue weighted by atomic mass is 10.0. The molecule has 4 nitrogen and oxygen atoms in total. The van der Waals surface area contributed by atoms with Crippen molar-refractivity contribution in [3.8, 4) is 0 Å². The molecule has 2 amide bonds. The quantitative estimate of drug-likeness (QED) is 0.755. The number of amides is 2. The number of hydrogen-bond donors (Lipinski definition) is 3. The van der Waals surface area contributed by atoms with Gasteiger partial charge in [-0.05, 0) is 37.1 Å². The third-order valence-electron chi connectivity index (χ3n) is 3.15. The van der Waals surface area contributed by atoms with Gasteiger partial charge in [-0.2, -0.15) is 13.2 Å². The Balaban J connectivity index is 2.55. The fourth-order valence-electron chi connectivity index (χ4n) is 1.87. The van der Waals surface area contributed by atoms with Gasteiger partial charge in [-0.1, -0.05) is 19.4 Å². The van der Waals surface area contributed by atoms with Gasteiger partial charge in [-0.25, -0.2) is 4.79 Å². The maximum Gasteiger partial charge on any atom is 0.416 e. The number of nitrogens with one attached hydrogen (secondary N) is 2. The number of nitrogens with two attached hydrogens (primary N) is 1. The van der Waals surface area contributed by atoms with Crippen molar-refractivity contribution in [2.75, 3.05) is 18.4 Å². The molecule has 0 aliphatic carbocycles. The summed E-state index contributed by atoms with van der Waals surface area (Å²) in [4.78, 5) is 11.7. The van der Waals surface area contributed by atoms with Crippen LogP contribution in [0.4, 0.5) is 23.7 Å². The summed E-state index contributed by atoms with van der Waals surface area (Å²) in [7, 11) is 0. The predicted molar refractivity (Wildman–Crippen MR) is 75.9 cm³/mol. The molecule has 118 valence electrons. The number of carbonyl (C=O) groups excluding carboxylic acids is 1. The van der Waals surface area contributed by atoms with Gasteiger partial charge in [-0.15, -0.1) is 0 Å². The molecule has 1 unspecified atom stereocenters. The monoisotopic (exact) mass is 303 g/mol. The molecule has 0 bridgehead atoms. The first-order valence-corrected chi connectivity index (χ1v) is 6.79. The van der Waals surface area contributed by atoms with E-state index in [1.807, 2.05) is 6.92 Å². The van der Waals surface area contributed by atoms with Gasteiger partial charge in [0.1, 0.15) is 0 Å². The van der Waals surface area contributed by atoms with E-state index in [0.717, 1.165) is 25.0 Å². The van der Waals surface area contributed by atoms with Crippen LogP contribution >= 0.6 is 0 Å². The minimum Gasteiger partial charge on any atom is -0.338 e. The lowest BCUT2D eigenvalue weighted by molar-refractivity contribution is -0.137. The van der Waals surface area contributed by atoms with E-state index >= 15 is 0 Å². The maximum atomic E-state index is 12.5. The summed E-state index contributed by atoms with van der Waals surface area (Å²) in [5, 5.41) is 5.03. The number of halogens is 3. The molecule has 1 aromatic carbocycles. The Morgan fingerprint density at radius 3 is 2.67 bits per heavy atom. The Morgan fingerprint density at radius 2 is 2.10 bits per heavy atom. The van der Waals surface area contributed by atoms with Gasteiger partial charge in [0.05, 0.1) is 5.56 Å². The standard InChI is InChI=1S/C14H20F3N3O/c1-2-10(6-7-18)9-19-13(21)20-12-5-3-4-11(8-12)14(15,16)17/h3-5,8,10H,2,6-7,9,18H2,1H3,(H2,19,20,21). The van der Waals surface area contributed by atoms with Crippen LogP contribution in [0.1, 0.15) is 25.3 Å². The van der Waals surface area contributed by atoms with Crippen LogP contribution in [0, 0.1) is 5.92 Å². The molecule has 7 heteroatoms. The number of rotatable bonds is 6. The number of urea groups is 1. The summed E-state index contributed by atoms with van der Waals surface area (Å²) in [5.74, 6) is 0.266. The molecule has 1 aromatic rings. The zero-order valence-electron chi connectivity index (χ0n) is 11.8. The molecule has 21 heavy (non-hydrogen) atoms. The van der Waals surface area contributed by atoms with Crippen LogP contribution in [0.2, 0.25) is 0 Å². The molecular weight excluding hydrogens is 283 g/mol. The zero-order chi connectivity index (χ0) is 15.9. The Kier molecular flexibility index (Phi) is 6.48. The van der Waals surface area contributed by atoms with E-state index in [1.165, 1.54) is 12.1 Å². The van der Waals surface area contributed by atoms with Gasteiger partial charge in [-0.3, -0.25) is 0 Å². The highest BCUT2D eigenvalue weighted by atomic mass is 19.4. The van der Waals surface area contributed by atoms with E-state index in [-0.39, 0.29) is 11.6 Å². The second kappa shape index (κ2) is 7.87. The predicted octanol–water partition coefficient (Wildman–Crippen LogP) is 3.20. The summed E-state index contributed by atoms with van der Waals surface area (Å²) in [5.41, 5.74) is 4.77. The maximum absolute atomic E-state index is 12.5. The number of alkyl halides is 3. The van der Waals surface area contributed by atoms with Crippen molar-refractivity contribution in [1.29, 1.82) is 0 Å². The zero-order valence-corrected chi connectivity index (χ0v) is 11.8. The lowest BCUT2D eigenvalue weighted by Crippen LogP contribution is -2.33. The van der Waals surface area contributed by atoms with Crippen molar-refractivity contribution >= 4 is 11.7 Å². The van der Waals surface area contributed by atoms with Crippen molar-refractivity contribution in [1.82, 2.24) is 5.32 Å². The molecule has 4 N–H and O–H groups in total. The van der Waals surface area contributed by atoms with Gasteiger partial charge in [0.15, 0.2) is 0 Å². The highest BCUT2D eigenvalue weighted by Gasteiger charge is 2.30. The number of anilines is 1. The second-order valence-electron chi connectivity index (χ2n) is 4.77. The van der Waals surface area contributed by atoms with Crippen molar-refractivity contribution in [2.45, 2.75) is 25.9 Å². The smallest absolute Gasteiger partial charge is 0.338 e. The molecule has 0 spiro atoms. The minimum absolute atomic E-state index is 0.106. The van der Waals surface area contributed by atoms with Gasteiger partial charge < -0.3 is 16.4 Å². The average molecular weight is 303 g/mol. The van der Waals surface area contributed by atoms with Crippen LogP contribution in [0.5, 0.6) is 0 Å². The van der Waals surface area contributed by atoms with E-state index in [1.54, 1.807) is 0 Å². The fraction of sp³-hybridized carbons (Fsp3) is 0.500. The normalized spacial score (nSPS) is 12.8. The molecule has 0 saturated heterocycles. The van der Waals surface area contributed by atoms with Crippen molar-refractivity contribution < 1.29 is 18.0 Å². The van der Waals surface area contributed by atoms with Gasteiger partial charge in [0, 0.05) is 12.2 Å². The number of carbonyl (C=O) groups is 1. The summed E-state index contributed by atoms with van der Waals surface area (Å²) >= 11 is 0. The Hall–Kier alpha value is -1.76. The van der Waals surface area contributed by atoms with E-state index in [0.29, 0.717) is 13.1 Å². The summed E-state index contributed by atoms with van der Waals surface area (Å²) < 4.78 is 37.6. The lowest BCUT2D eigenvalue weighted by Gasteiger charge is -2.15. The SMILES string of the molecule is CCC(CCN)CNC(=O)Nc1cccc(C(F)(F)F)c1. The Morgan fingerprint density at radius 1 is 1.38 bits per heavy atom. The minimum atomic E-state index is -4.43. The summed E-state index contributed by atoms with van der Waals surface area (Å²) in [6, 6.07) is 3.99. The fourth-order valence-corrected chi connectivity index (χ4v) is 1.87. The number of hydrogen-bond acceptors (Lipinski definition) is 2. The molecule has 0 heterocycles. The molecule has 0 aromatic heterocycles. The molecule has 0 fully saturated rings. The molecular formula is C14H20F3N3O. The highest BCUT2D eigenvalue weighted by Crippen LogP contribution is 2.30.